The Labute approximate surface area is 112 Å². The molecule has 18 heavy (non-hydrogen) atoms. The molecule has 0 heterocycles. The van der Waals surface area contributed by atoms with Crippen LogP contribution in [0.3, 0.4) is 0 Å². The van der Waals surface area contributed by atoms with E-state index in [1.165, 1.54) is 30.4 Å². The monoisotopic (exact) mass is 245 g/mol. The van der Waals surface area contributed by atoms with Gasteiger partial charge < -0.3 is 5.32 Å². The number of hydrogen-bond donors (Lipinski definition) is 1. The maximum absolute atomic E-state index is 3.64. The fourth-order valence-electron chi connectivity index (χ4n) is 3.54. The Kier molecular flexibility index (Phi) is 4.11. The van der Waals surface area contributed by atoms with E-state index in [-0.39, 0.29) is 0 Å². The van der Waals surface area contributed by atoms with Crippen molar-refractivity contribution >= 4 is 0 Å². The summed E-state index contributed by atoms with van der Waals surface area (Å²) in [6.07, 6.45) is 3.90. The van der Waals surface area contributed by atoms with Gasteiger partial charge >= 0.3 is 0 Å². The first kappa shape index (κ1) is 13.6. The molecule has 0 saturated heterocycles. The Bertz CT molecular complexity index is 382. The van der Waals surface area contributed by atoms with Crippen molar-refractivity contribution in [3.05, 3.63) is 34.9 Å². The zero-order chi connectivity index (χ0) is 13.2. The highest BCUT2D eigenvalue weighted by molar-refractivity contribution is 5.36. The van der Waals surface area contributed by atoms with E-state index in [0.717, 1.165) is 19.0 Å². The average Bonchev–Trinajstić information content (AvgIpc) is 2.25. The third-order valence-corrected chi connectivity index (χ3v) is 4.20. The molecule has 1 aliphatic rings. The second-order valence-corrected chi connectivity index (χ2v) is 6.35. The highest BCUT2D eigenvalue weighted by Crippen LogP contribution is 2.47. The van der Waals surface area contributed by atoms with Crippen molar-refractivity contribution < 1.29 is 0 Å². The summed E-state index contributed by atoms with van der Waals surface area (Å²) in [5.41, 5.74) is 4.77. The van der Waals surface area contributed by atoms with E-state index >= 15 is 0 Å². The van der Waals surface area contributed by atoms with Crippen molar-refractivity contribution in [1.82, 2.24) is 5.32 Å². The summed E-state index contributed by atoms with van der Waals surface area (Å²) in [5.74, 6) is 0.884. The van der Waals surface area contributed by atoms with Gasteiger partial charge in [0.25, 0.3) is 0 Å². The molecule has 1 aromatic rings. The van der Waals surface area contributed by atoms with E-state index in [9.17, 15) is 0 Å². The normalized spacial score (nSPS) is 27.0. The molecule has 0 unspecified atom stereocenters. The van der Waals surface area contributed by atoms with Crippen molar-refractivity contribution in [2.45, 2.75) is 52.4 Å². The number of benzene rings is 1. The van der Waals surface area contributed by atoms with E-state index in [1.54, 1.807) is 5.56 Å². The third kappa shape index (κ3) is 2.77. The molecule has 0 aromatic heterocycles. The molecule has 0 radical (unpaired) electrons. The Morgan fingerprint density at radius 1 is 1.17 bits per heavy atom. The summed E-state index contributed by atoms with van der Waals surface area (Å²) in [6.45, 7) is 11.3. The van der Waals surface area contributed by atoms with Gasteiger partial charge in [-0.05, 0) is 51.1 Å². The van der Waals surface area contributed by atoms with Crippen molar-refractivity contribution in [2.75, 3.05) is 13.1 Å². The van der Waals surface area contributed by atoms with Gasteiger partial charge in [-0.1, -0.05) is 43.2 Å². The highest BCUT2D eigenvalue weighted by Gasteiger charge is 2.42. The van der Waals surface area contributed by atoms with Crippen LogP contribution in [0.25, 0.3) is 0 Å². The SMILES string of the molecule is CCCNCC1(c2cc(C)cc(C)c2)CC(C)C1. The molecule has 1 N–H and O–H groups in total. The molecular formula is C17H27N. The summed E-state index contributed by atoms with van der Waals surface area (Å²) in [7, 11) is 0. The second kappa shape index (κ2) is 5.44. The largest absolute Gasteiger partial charge is 0.316 e. The van der Waals surface area contributed by atoms with Crippen LogP contribution in [0.15, 0.2) is 18.2 Å². The quantitative estimate of drug-likeness (QED) is 0.774. The molecule has 0 spiro atoms. The van der Waals surface area contributed by atoms with E-state index < -0.39 is 0 Å². The van der Waals surface area contributed by atoms with Crippen molar-refractivity contribution in [2.24, 2.45) is 5.92 Å². The lowest BCUT2D eigenvalue weighted by atomic mass is 9.59. The van der Waals surface area contributed by atoms with Gasteiger partial charge in [0.15, 0.2) is 0 Å². The fourth-order valence-corrected chi connectivity index (χ4v) is 3.54. The standard InChI is InChI=1S/C17H27N/c1-5-6-18-12-17(10-15(4)11-17)16-8-13(2)7-14(3)9-16/h7-9,15,18H,5-6,10-12H2,1-4H3. The van der Waals surface area contributed by atoms with Gasteiger partial charge in [-0.15, -0.1) is 0 Å². The first-order valence-corrected chi connectivity index (χ1v) is 7.35. The molecule has 2 rings (SSSR count). The maximum Gasteiger partial charge on any atom is 0.00830 e. The summed E-state index contributed by atoms with van der Waals surface area (Å²) in [5, 5.41) is 3.64. The minimum Gasteiger partial charge on any atom is -0.316 e. The molecule has 1 aromatic carbocycles. The smallest absolute Gasteiger partial charge is 0.00830 e. The fraction of sp³-hybridized carbons (Fsp3) is 0.647. The molecule has 0 amide bonds. The first-order valence-electron chi connectivity index (χ1n) is 7.35. The average molecular weight is 245 g/mol. The van der Waals surface area contributed by atoms with Crippen LogP contribution in [0.2, 0.25) is 0 Å². The topological polar surface area (TPSA) is 12.0 Å². The Hall–Kier alpha value is -0.820. The van der Waals surface area contributed by atoms with Crippen molar-refractivity contribution in [1.29, 1.82) is 0 Å². The summed E-state index contributed by atoms with van der Waals surface area (Å²) < 4.78 is 0. The van der Waals surface area contributed by atoms with Gasteiger partial charge in [-0.3, -0.25) is 0 Å². The molecule has 0 atom stereocenters. The number of nitrogens with one attached hydrogen (secondary N) is 1. The van der Waals surface area contributed by atoms with Gasteiger partial charge in [0.1, 0.15) is 0 Å². The van der Waals surface area contributed by atoms with Gasteiger partial charge in [-0.25, -0.2) is 0 Å². The van der Waals surface area contributed by atoms with Crippen molar-refractivity contribution in [3.8, 4) is 0 Å². The molecule has 1 fully saturated rings. The Morgan fingerprint density at radius 3 is 2.28 bits per heavy atom. The van der Waals surface area contributed by atoms with Crippen LogP contribution in [0, 0.1) is 19.8 Å². The second-order valence-electron chi connectivity index (χ2n) is 6.35. The molecule has 0 bridgehead atoms. The zero-order valence-corrected chi connectivity index (χ0v) is 12.3. The predicted molar refractivity (Wildman–Crippen MR) is 79.2 cm³/mol. The Morgan fingerprint density at radius 2 is 1.78 bits per heavy atom. The molecule has 100 valence electrons. The maximum atomic E-state index is 3.64. The van der Waals surface area contributed by atoms with Gasteiger partial charge in [0.2, 0.25) is 0 Å². The van der Waals surface area contributed by atoms with Crippen LogP contribution in [0.5, 0.6) is 0 Å². The van der Waals surface area contributed by atoms with Crippen molar-refractivity contribution in [3.63, 3.8) is 0 Å². The summed E-state index contributed by atoms with van der Waals surface area (Å²) in [4.78, 5) is 0. The zero-order valence-electron chi connectivity index (χ0n) is 12.3. The lowest BCUT2D eigenvalue weighted by Crippen LogP contribution is -2.48. The number of aryl methyl sites for hydroxylation is 2. The minimum absolute atomic E-state index is 0.408. The molecule has 0 aliphatic heterocycles. The molecule has 1 nitrogen and oxygen atoms in total. The van der Waals surface area contributed by atoms with Crippen LogP contribution in [0.4, 0.5) is 0 Å². The van der Waals surface area contributed by atoms with E-state index in [2.05, 4.69) is 51.2 Å². The van der Waals surface area contributed by atoms with Gasteiger partial charge in [0, 0.05) is 12.0 Å². The summed E-state index contributed by atoms with van der Waals surface area (Å²) >= 11 is 0. The lowest BCUT2D eigenvalue weighted by Gasteiger charge is -2.47. The van der Waals surface area contributed by atoms with E-state index in [4.69, 9.17) is 0 Å². The minimum atomic E-state index is 0.408. The Balaban J connectivity index is 2.18. The van der Waals surface area contributed by atoms with Crippen LogP contribution in [-0.4, -0.2) is 13.1 Å². The number of hydrogen-bond acceptors (Lipinski definition) is 1. The number of rotatable bonds is 5. The van der Waals surface area contributed by atoms with Crippen LogP contribution < -0.4 is 5.32 Å². The van der Waals surface area contributed by atoms with Crippen LogP contribution >= 0.6 is 0 Å². The first-order chi connectivity index (χ1) is 8.55. The highest BCUT2D eigenvalue weighted by atomic mass is 14.9. The lowest BCUT2D eigenvalue weighted by molar-refractivity contribution is 0.152. The van der Waals surface area contributed by atoms with Crippen LogP contribution in [0.1, 0.15) is 49.8 Å². The molecular weight excluding hydrogens is 218 g/mol. The van der Waals surface area contributed by atoms with E-state index in [1.807, 2.05) is 0 Å². The van der Waals surface area contributed by atoms with E-state index in [0.29, 0.717) is 5.41 Å². The van der Waals surface area contributed by atoms with Gasteiger partial charge in [-0.2, -0.15) is 0 Å². The predicted octanol–water partition coefficient (Wildman–Crippen LogP) is 3.97. The van der Waals surface area contributed by atoms with Gasteiger partial charge in [0.05, 0.1) is 0 Å². The molecule has 1 aliphatic carbocycles. The van der Waals surface area contributed by atoms with Crippen LogP contribution in [-0.2, 0) is 5.41 Å². The molecule has 1 heteroatoms. The third-order valence-electron chi connectivity index (χ3n) is 4.20. The molecule has 1 saturated carbocycles. The summed E-state index contributed by atoms with van der Waals surface area (Å²) in [6, 6.07) is 7.07.